The van der Waals surface area contributed by atoms with Crippen molar-refractivity contribution in [2.24, 2.45) is 0 Å². The Kier molecular flexibility index (Phi) is 5.41. The van der Waals surface area contributed by atoms with Gasteiger partial charge in [-0.1, -0.05) is 0 Å². The molecule has 3 amide bonds. The summed E-state index contributed by atoms with van der Waals surface area (Å²) in [6, 6.07) is 4.68. The number of rotatable bonds is 4. The zero-order valence-corrected chi connectivity index (χ0v) is 15.5. The fourth-order valence-electron chi connectivity index (χ4n) is 2.84. The molecule has 1 fully saturated rings. The lowest BCUT2D eigenvalue weighted by atomic mass is 10.2. The molecule has 1 N–H and O–H groups in total. The Labute approximate surface area is 155 Å². The highest BCUT2D eigenvalue weighted by molar-refractivity contribution is 7.13. The summed E-state index contributed by atoms with van der Waals surface area (Å²) < 4.78 is 4.87. The molecule has 26 heavy (non-hydrogen) atoms. The summed E-state index contributed by atoms with van der Waals surface area (Å²) in [4.78, 5) is 42.3. The van der Waals surface area contributed by atoms with Gasteiger partial charge in [0.2, 0.25) is 5.91 Å². The highest BCUT2D eigenvalue weighted by Gasteiger charge is 2.28. The molecule has 1 atom stereocenters. The van der Waals surface area contributed by atoms with Crippen LogP contribution in [0.25, 0.3) is 0 Å². The number of hydrogen-bond donors (Lipinski definition) is 1. The number of thiophene rings is 1. The third kappa shape index (κ3) is 3.96. The van der Waals surface area contributed by atoms with Crippen molar-refractivity contribution in [1.29, 1.82) is 0 Å². The van der Waals surface area contributed by atoms with Gasteiger partial charge >= 0.3 is 0 Å². The third-order valence-corrected chi connectivity index (χ3v) is 5.32. The van der Waals surface area contributed by atoms with Gasteiger partial charge in [0.25, 0.3) is 11.8 Å². The van der Waals surface area contributed by atoms with E-state index < -0.39 is 6.04 Å². The summed E-state index contributed by atoms with van der Waals surface area (Å²) >= 11 is 1.48. The van der Waals surface area contributed by atoms with Crippen LogP contribution >= 0.6 is 11.3 Å². The zero-order valence-electron chi connectivity index (χ0n) is 14.7. The van der Waals surface area contributed by atoms with E-state index in [1.54, 1.807) is 22.8 Å². The standard InChI is InChI=1S/C18H21N3O4S/c1-12-3-4-15(26-12)18(24)21-8-6-20(7-9-21)17(23)13(2)19-16(22)14-5-10-25-11-14/h3-5,10-11,13H,6-9H2,1-2H3,(H,19,22). The van der Waals surface area contributed by atoms with E-state index in [2.05, 4.69) is 5.32 Å². The van der Waals surface area contributed by atoms with Crippen LogP contribution in [0, 0.1) is 6.92 Å². The van der Waals surface area contributed by atoms with E-state index in [1.165, 1.54) is 23.9 Å². The van der Waals surface area contributed by atoms with E-state index in [-0.39, 0.29) is 17.7 Å². The van der Waals surface area contributed by atoms with Crippen LogP contribution in [-0.2, 0) is 4.79 Å². The number of furan rings is 1. The molecule has 138 valence electrons. The summed E-state index contributed by atoms with van der Waals surface area (Å²) in [6.07, 6.45) is 2.75. The van der Waals surface area contributed by atoms with Crippen molar-refractivity contribution in [3.63, 3.8) is 0 Å². The maximum absolute atomic E-state index is 12.5. The van der Waals surface area contributed by atoms with Gasteiger partial charge in [0.1, 0.15) is 12.3 Å². The van der Waals surface area contributed by atoms with Crippen molar-refractivity contribution in [2.75, 3.05) is 26.2 Å². The van der Waals surface area contributed by atoms with Gasteiger partial charge < -0.3 is 19.5 Å². The zero-order chi connectivity index (χ0) is 18.7. The summed E-state index contributed by atoms with van der Waals surface area (Å²) in [6.45, 7) is 5.53. The van der Waals surface area contributed by atoms with Crippen molar-refractivity contribution in [1.82, 2.24) is 15.1 Å². The maximum Gasteiger partial charge on any atom is 0.264 e. The average Bonchev–Trinajstić information content (AvgIpc) is 3.32. The first-order chi connectivity index (χ1) is 12.5. The van der Waals surface area contributed by atoms with Gasteiger partial charge in [-0.3, -0.25) is 14.4 Å². The summed E-state index contributed by atoms with van der Waals surface area (Å²) in [5.41, 5.74) is 0.381. The lowest BCUT2D eigenvalue weighted by Gasteiger charge is -2.35. The fraction of sp³-hybridized carbons (Fsp3) is 0.389. The number of nitrogens with one attached hydrogen (secondary N) is 1. The first kappa shape index (κ1) is 18.2. The van der Waals surface area contributed by atoms with Crippen molar-refractivity contribution in [3.05, 3.63) is 46.0 Å². The number of carbonyl (C=O) groups is 3. The summed E-state index contributed by atoms with van der Waals surface area (Å²) in [7, 11) is 0. The number of amides is 3. The molecule has 0 radical (unpaired) electrons. The number of carbonyl (C=O) groups excluding carboxylic acids is 3. The van der Waals surface area contributed by atoms with E-state index in [9.17, 15) is 14.4 Å². The minimum absolute atomic E-state index is 0.0107. The Morgan fingerprint density at radius 1 is 1.12 bits per heavy atom. The first-order valence-electron chi connectivity index (χ1n) is 8.43. The largest absolute Gasteiger partial charge is 0.472 e. The Bertz CT molecular complexity index is 791. The fourth-order valence-corrected chi connectivity index (χ4v) is 3.68. The minimum Gasteiger partial charge on any atom is -0.472 e. The predicted molar refractivity (Wildman–Crippen MR) is 97.2 cm³/mol. The van der Waals surface area contributed by atoms with Gasteiger partial charge in [0, 0.05) is 31.1 Å². The Balaban J connectivity index is 1.51. The van der Waals surface area contributed by atoms with E-state index in [4.69, 9.17) is 4.42 Å². The SMILES string of the molecule is Cc1ccc(C(=O)N2CCN(C(=O)C(C)NC(=O)c3ccoc3)CC2)s1. The Morgan fingerprint density at radius 2 is 1.81 bits per heavy atom. The predicted octanol–water partition coefficient (Wildman–Crippen LogP) is 1.75. The molecule has 1 aliphatic rings. The molecule has 1 saturated heterocycles. The smallest absolute Gasteiger partial charge is 0.264 e. The molecule has 1 aliphatic heterocycles. The normalized spacial score (nSPS) is 15.6. The van der Waals surface area contributed by atoms with Gasteiger partial charge in [-0.05, 0) is 32.0 Å². The van der Waals surface area contributed by atoms with Gasteiger partial charge in [0.15, 0.2) is 0 Å². The van der Waals surface area contributed by atoms with E-state index in [1.807, 2.05) is 19.1 Å². The molecule has 2 aromatic heterocycles. The van der Waals surface area contributed by atoms with Crippen molar-refractivity contribution in [2.45, 2.75) is 19.9 Å². The molecule has 1 unspecified atom stereocenters. The van der Waals surface area contributed by atoms with E-state index in [0.29, 0.717) is 31.7 Å². The van der Waals surface area contributed by atoms with Crippen molar-refractivity contribution >= 4 is 29.1 Å². The second kappa shape index (κ2) is 7.74. The maximum atomic E-state index is 12.5. The molecule has 0 saturated carbocycles. The monoisotopic (exact) mass is 375 g/mol. The Morgan fingerprint density at radius 3 is 2.38 bits per heavy atom. The van der Waals surface area contributed by atoms with Gasteiger partial charge in [-0.15, -0.1) is 11.3 Å². The van der Waals surface area contributed by atoms with Gasteiger partial charge in [0.05, 0.1) is 16.7 Å². The molecular formula is C18H21N3O4S. The van der Waals surface area contributed by atoms with Crippen molar-refractivity contribution < 1.29 is 18.8 Å². The van der Waals surface area contributed by atoms with E-state index >= 15 is 0 Å². The number of aryl methyl sites for hydroxylation is 1. The van der Waals surface area contributed by atoms with Crippen LogP contribution in [0.3, 0.4) is 0 Å². The highest BCUT2D eigenvalue weighted by atomic mass is 32.1. The van der Waals surface area contributed by atoms with Crippen LogP contribution in [0.1, 0.15) is 31.8 Å². The third-order valence-electron chi connectivity index (χ3n) is 4.33. The topological polar surface area (TPSA) is 82.9 Å². The lowest BCUT2D eigenvalue weighted by molar-refractivity contribution is -0.134. The number of hydrogen-bond acceptors (Lipinski definition) is 5. The van der Waals surface area contributed by atoms with E-state index in [0.717, 1.165) is 9.75 Å². The molecular weight excluding hydrogens is 354 g/mol. The number of nitrogens with zero attached hydrogens (tertiary/aromatic N) is 2. The number of piperazine rings is 1. The van der Waals surface area contributed by atoms with Crippen molar-refractivity contribution in [3.8, 4) is 0 Å². The molecule has 3 heterocycles. The van der Waals surface area contributed by atoms with Crippen LogP contribution in [0.15, 0.2) is 35.1 Å². The molecule has 0 spiro atoms. The molecule has 3 rings (SSSR count). The van der Waals surface area contributed by atoms with Gasteiger partial charge in [-0.2, -0.15) is 0 Å². The van der Waals surface area contributed by atoms with Crippen LogP contribution in [0.5, 0.6) is 0 Å². The second-order valence-electron chi connectivity index (χ2n) is 6.23. The van der Waals surface area contributed by atoms with Crippen LogP contribution < -0.4 is 5.32 Å². The summed E-state index contributed by atoms with van der Waals surface area (Å²) in [5.74, 6) is -0.487. The molecule has 8 heteroatoms. The minimum atomic E-state index is -0.639. The lowest BCUT2D eigenvalue weighted by Crippen LogP contribution is -2.55. The highest BCUT2D eigenvalue weighted by Crippen LogP contribution is 2.18. The molecule has 0 aliphatic carbocycles. The average molecular weight is 375 g/mol. The van der Waals surface area contributed by atoms with Gasteiger partial charge in [-0.25, -0.2) is 0 Å². The van der Waals surface area contributed by atoms with Crippen LogP contribution in [0.4, 0.5) is 0 Å². The molecule has 2 aromatic rings. The quantitative estimate of drug-likeness (QED) is 0.883. The summed E-state index contributed by atoms with van der Waals surface area (Å²) in [5, 5.41) is 2.67. The first-order valence-corrected chi connectivity index (χ1v) is 9.25. The molecule has 7 nitrogen and oxygen atoms in total. The second-order valence-corrected chi connectivity index (χ2v) is 7.52. The van der Waals surface area contributed by atoms with Crippen LogP contribution in [0.2, 0.25) is 0 Å². The molecule has 0 bridgehead atoms. The Hall–Kier alpha value is -2.61. The van der Waals surface area contributed by atoms with Crippen LogP contribution in [-0.4, -0.2) is 59.7 Å². The molecule has 0 aromatic carbocycles.